The lowest BCUT2D eigenvalue weighted by Crippen LogP contribution is -2.28. The fraction of sp³-hybridized carbons (Fsp3) is 0.211. The maximum absolute atomic E-state index is 13.6. The third kappa shape index (κ3) is 2.76. The lowest BCUT2D eigenvalue weighted by molar-refractivity contribution is 0.478. The first-order valence-electron chi connectivity index (χ1n) is 8.90. The third-order valence-electron chi connectivity index (χ3n) is 5.06. The van der Waals surface area contributed by atoms with Crippen LogP contribution in [0.5, 0.6) is 0 Å². The summed E-state index contributed by atoms with van der Waals surface area (Å²) in [6, 6.07) is 9.72. The van der Waals surface area contributed by atoms with Crippen LogP contribution < -0.4 is 0 Å². The van der Waals surface area contributed by atoms with E-state index in [0.717, 1.165) is 17.3 Å². The number of benzene rings is 2. The maximum Gasteiger partial charge on any atom is 0.245 e. The molecule has 4 aromatic rings. The number of fused-ring (bicyclic) bond motifs is 2. The number of halogens is 2. The Hall–Kier alpha value is -2.23. The average molecular weight is 463 g/mol. The number of aromatic nitrogens is 3. The van der Waals surface area contributed by atoms with E-state index in [1.807, 2.05) is 12.1 Å². The van der Waals surface area contributed by atoms with Gasteiger partial charge in [-0.1, -0.05) is 15.9 Å². The quantitative estimate of drug-likeness (QED) is 0.473. The number of hydrogen-bond donors (Lipinski definition) is 2. The minimum absolute atomic E-state index is 0.199. The van der Waals surface area contributed by atoms with Gasteiger partial charge < -0.3 is 9.97 Å². The molecule has 2 aromatic carbocycles. The average Bonchev–Trinajstić information content (AvgIpc) is 3.38. The van der Waals surface area contributed by atoms with Gasteiger partial charge in [0.05, 0.1) is 11.0 Å². The Morgan fingerprint density at radius 3 is 2.61 bits per heavy atom. The van der Waals surface area contributed by atoms with Crippen molar-refractivity contribution in [3.8, 4) is 11.5 Å². The van der Waals surface area contributed by atoms with Crippen LogP contribution in [0.4, 0.5) is 4.39 Å². The molecule has 1 aliphatic heterocycles. The smallest absolute Gasteiger partial charge is 0.245 e. The number of hydrogen-bond acceptors (Lipinski definition) is 3. The van der Waals surface area contributed by atoms with Crippen LogP contribution >= 0.6 is 15.9 Å². The van der Waals surface area contributed by atoms with E-state index in [4.69, 9.17) is 0 Å². The van der Waals surface area contributed by atoms with Crippen LogP contribution in [0.2, 0.25) is 0 Å². The van der Waals surface area contributed by atoms with Crippen LogP contribution in [-0.4, -0.2) is 40.8 Å². The summed E-state index contributed by atoms with van der Waals surface area (Å²) in [5.74, 6) is -0.0149. The van der Waals surface area contributed by atoms with Gasteiger partial charge in [0.1, 0.15) is 16.4 Å². The van der Waals surface area contributed by atoms with Gasteiger partial charge in [-0.05, 0) is 49.2 Å². The van der Waals surface area contributed by atoms with E-state index < -0.39 is 10.0 Å². The molecule has 0 radical (unpaired) electrons. The van der Waals surface area contributed by atoms with Gasteiger partial charge in [-0.2, -0.15) is 4.31 Å². The Morgan fingerprint density at radius 2 is 1.82 bits per heavy atom. The summed E-state index contributed by atoms with van der Waals surface area (Å²) in [6.07, 6.45) is 1.70. The van der Waals surface area contributed by atoms with E-state index in [9.17, 15) is 12.8 Å². The van der Waals surface area contributed by atoms with Gasteiger partial charge in [-0.15, -0.1) is 0 Å². The molecule has 0 aliphatic carbocycles. The van der Waals surface area contributed by atoms with Crippen molar-refractivity contribution in [1.82, 2.24) is 19.3 Å². The second-order valence-corrected chi connectivity index (χ2v) is 9.67. The zero-order chi connectivity index (χ0) is 19.5. The molecule has 2 aromatic heterocycles. The molecule has 144 valence electrons. The number of sulfonamides is 1. The molecule has 28 heavy (non-hydrogen) atoms. The number of rotatable bonds is 3. The molecule has 1 saturated heterocycles. The largest absolute Gasteiger partial charge is 0.351 e. The topological polar surface area (TPSA) is 81.8 Å². The van der Waals surface area contributed by atoms with E-state index in [0.29, 0.717) is 46.5 Å². The molecule has 1 aliphatic rings. The predicted octanol–water partition coefficient (Wildman–Crippen LogP) is 4.40. The molecule has 5 rings (SSSR count). The summed E-state index contributed by atoms with van der Waals surface area (Å²) in [4.78, 5) is 10.9. The van der Waals surface area contributed by atoms with Crippen LogP contribution in [-0.2, 0) is 10.0 Å². The van der Waals surface area contributed by atoms with Crippen molar-refractivity contribution >= 4 is 47.9 Å². The Labute approximate surface area is 168 Å². The zero-order valence-electron chi connectivity index (χ0n) is 14.7. The van der Waals surface area contributed by atoms with Gasteiger partial charge in [0.15, 0.2) is 5.82 Å². The molecule has 0 atom stereocenters. The molecule has 1 fully saturated rings. The maximum atomic E-state index is 13.6. The summed E-state index contributed by atoms with van der Waals surface area (Å²) < 4.78 is 42.8. The molecule has 2 N–H and O–H groups in total. The van der Waals surface area contributed by atoms with Crippen LogP contribution in [0.3, 0.4) is 0 Å². The molecule has 9 heteroatoms. The van der Waals surface area contributed by atoms with Crippen LogP contribution in [0.1, 0.15) is 12.8 Å². The van der Waals surface area contributed by atoms with E-state index >= 15 is 0 Å². The van der Waals surface area contributed by atoms with Crippen molar-refractivity contribution in [2.75, 3.05) is 13.1 Å². The van der Waals surface area contributed by atoms with Crippen LogP contribution in [0.25, 0.3) is 33.5 Å². The molecule has 3 heterocycles. The van der Waals surface area contributed by atoms with Gasteiger partial charge in [0.25, 0.3) is 0 Å². The second kappa shape index (κ2) is 6.40. The lowest BCUT2D eigenvalue weighted by atomic mass is 10.2. The third-order valence-corrected chi connectivity index (χ3v) is 7.53. The Bertz CT molecular complexity index is 1320. The summed E-state index contributed by atoms with van der Waals surface area (Å²) in [7, 11) is -3.72. The lowest BCUT2D eigenvalue weighted by Gasteiger charge is -2.16. The number of nitrogens with zero attached hydrogens (tertiary/aromatic N) is 2. The molecular formula is C19H16BrFN4O2S. The highest BCUT2D eigenvalue weighted by atomic mass is 79.9. The fourth-order valence-electron chi connectivity index (χ4n) is 3.73. The molecule has 0 spiro atoms. The van der Waals surface area contributed by atoms with E-state index in [2.05, 4.69) is 30.9 Å². The summed E-state index contributed by atoms with van der Waals surface area (Å²) in [5.41, 5.74) is 2.17. The van der Waals surface area contributed by atoms with Crippen molar-refractivity contribution in [3.63, 3.8) is 0 Å². The Balaban J connectivity index is 1.80. The second-order valence-electron chi connectivity index (χ2n) is 6.88. The predicted molar refractivity (Wildman–Crippen MR) is 109 cm³/mol. The van der Waals surface area contributed by atoms with Crippen molar-refractivity contribution in [2.45, 2.75) is 17.7 Å². The molecule has 0 saturated carbocycles. The van der Waals surface area contributed by atoms with Crippen molar-refractivity contribution in [1.29, 1.82) is 0 Å². The van der Waals surface area contributed by atoms with Gasteiger partial charge >= 0.3 is 0 Å². The first-order chi connectivity index (χ1) is 13.4. The minimum atomic E-state index is -3.72. The van der Waals surface area contributed by atoms with Crippen molar-refractivity contribution in [2.24, 2.45) is 0 Å². The normalized spacial score (nSPS) is 15.8. The first-order valence-corrected chi connectivity index (χ1v) is 11.1. The SMILES string of the molecule is O=S(=O)(c1c(-c2nc3ccc(F)cc3[nH]2)[nH]c2ccc(Br)cc12)N1CCCC1. The minimum Gasteiger partial charge on any atom is -0.351 e. The number of H-pyrrole nitrogens is 2. The Kier molecular flexibility index (Phi) is 4.08. The summed E-state index contributed by atoms with van der Waals surface area (Å²) in [5, 5.41) is 0.600. The van der Waals surface area contributed by atoms with E-state index in [1.54, 1.807) is 12.1 Å². The molecule has 0 unspecified atom stereocenters. The molecular weight excluding hydrogens is 447 g/mol. The summed E-state index contributed by atoms with van der Waals surface area (Å²) >= 11 is 3.43. The Morgan fingerprint density at radius 1 is 1.04 bits per heavy atom. The van der Waals surface area contributed by atoms with Gasteiger partial charge in [-0.3, -0.25) is 0 Å². The molecule has 0 bridgehead atoms. The highest BCUT2D eigenvalue weighted by Crippen LogP contribution is 2.37. The molecule has 6 nitrogen and oxygen atoms in total. The summed E-state index contributed by atoms with van der Waals surface area (Å²) in [6.45, 7) is 1.02. The number of aromatic amines is 2. The van der Waals surface area contributed by atoms with Crippen LogP contribution in [0, 0.1) is 5.82 Å². The highest BCUT2D eigenvalue weighted by Gasteiger charge is 2.33. The zero-order valence-corrected chi connectivity index (χ0v) is 17.1. The van der Waals surface area contributed by atoms with Crippen LogP contribution in [0.15, 0.2) is 45.8 Å². The monoisotopic (exact) mass is 462 g/mol. The highest BCUT2D eigenvalue weighted by molar-refractivity contribution is 9.10. The standard InChI is InChI=1S/C19H16BrFN4O2S/c20-11-3-5-14-13(9-11)18(28(26,27)25-7-1-2-8-25)17(22-14)19-23-15-6-4-12(21)10-16(15)24-19/h3-6,9-10,22H,1-2,7-8H2,(H,23,24). The van der Waals surface area contributed by atoms with Crippen molar-refractivity contribution in [3.05, 3.63) is 46.7 Å². The van der Waals surface area contributed by atoms with Gasteiger partial charge in [-0.25, -0.2) is 17.8 Å². The van der Waals surface area contributed by atoms with E-state index in [1.165, 1.54) is 16.4 Å². The first kappa shape index (κ1) is 17.8. The van der Waals surface area contributed by atoms with Gasteiger partial charge in [0, 0.05) is 28.5 Å². The number of imidazole rings is 1. The van der Waals surface area contributed by atoms with Crippen molar-refractivity contribution < 1.29 is 12.8 Å². The molecule has 0 amide bonds. The van der Waals surface area contributed by atoms with E-state index in [-0.39, 0.29) is 10.7 Å². The number of nitrogens with one attached hydrogen (secondary N) is 2. The van der Waals surface area contributed by atoms with Gasteiger partial charge in [0.2, 0.25) is 10.0 Å². The fourth-order valence-corrected chi connectivity index (χ4v) is 5.94.